The average molecular weight is 254 g/mol. The van der Waals surface area contributed by atoms with Gasteiger partial charge in [-0.05, 0) is 6.92 Å². The van der Waals surface area contributed by atoms with Gasteiger partial charge in [0, 0.05) is 45.8 Å². The van der Waals surface area contributed by atoms with E-state index in [4.69, 9.17) is 0 Å². The second-order valence-electron chi connectivity index (χ2n) is 4.91. The van der Waals surface area contributed by atoms with Gasteiger partial charge >= 0.3 is 0 Å². The first-order chi connectivity index (χ1) is 8.70. The van der Waals surface area contributed by atoms with Crippen molar-refractivity contribution in [1.29, 1.82) is 0 Å². The summed E-state index contributed by atoms with van der Waals surface area (Å²) in [5.41, 5.74) is 0. The maximum absolute atomic E-state index is 12.0. The van der Waals surface area contributed by atoms with Crippen molar-refractivity contribution in [1.82, 2.24) is 20.4 Å². The highest BCUT2D eigenvalue weighted by molar-refractivity contribution is 5.80. The number of piperazine rings is 1. The van der Waals surface area contributed by atoms with Gasteiger partial charge in [-0.3, -0.25) is 14.5 Å². The van der Waals surface area contributed by atoms with Crippen LogP contribution in [0.3, 0.4) is 0 Å². The lowest BCUT2D eigenvalue weighted by molar-refractivity contribution is -0.139. The summed E-state index contributed by atoms with van der Waals surface area (Å²) in [6, 6.07) is 0. The van der Waals surface area contributed by atoms with E-state index in [2.05, 4.69) is 15.5 Å². The minimum atomic E-state index is 0.0699. The summed E-state index contributed by atoms with van der Waals surface area (Å²) in [5, 5.41) is 5.91. The van der Waals surface area contributed by atoms with Crippen LogP contribution in [0.2, 0.25) is 0 Å². The normalized spacial score (nSPS) is 21.5. The number of nitrogens with zero attached hydrogens (tertiary/aromatic N) is 2. The quantitative estimate of drug-likeness (QED) is 0.640. The molecule has 2 rings (SSSR count). The number of amides is 2. The van der Waals surface area contributed by atoms with Crippen LogP contribution >= 0.6 is 0 Å². The van der Waals surface area contributed by atoms with Crippen LogP contribution in [0.4, 0.5) is 0 Å². The van der Waals surface area contributed by atoms with E-state index in [9.17, 15) is 9.59 Å². The topological polar surface area (TPSA) is 64.7 Å². The van der Waals surface area contributed by atoms with Gasteiger partial charge in [0.15, 0.2) is 0 Å². The maximum Gasteiger partial charge on any atom is 0.234 e. The first-order valence-corrected chi connectivity index (χ1v) is 6.69. The van der Waals surface area contributed by atoms with Gasteiger partial charge in [0.05, 0.1) is 12.5 Å². The summed E-state index contributed by atoms with van der Waals surface area (Å²) in [6.07, 6.45) is 0. The lowest BCUT2D eigenvalue weighted by Gasteiger charge is -2.38. The molecule has 0 radical (unpaired) electrons. The predicted octanol–water partition coefficient (Wildman–Crippen LogP) is -1.51. The molecule has 0 atom stereocenters. The van der Waals surface area contributed by atoms with Crippen molar-refractivity contribution < 1.29 is 9.59 Å². The standard InChI is InChI=1S/C12H22N4O2/c1-2-14-11(17)9-15-3-5-16(6-4-15)12(18)10-7-13-8-10/h10,13H,2-9H2,1H3,(H,14,17). The Morgan fingerprint density at radius 3 is 2.39 bits per heavy atom. The highest BCUT2D eigenvalue weighted by Crippen LogP contribution is 2.10. The number of nitrogens with one attached hydrogen (secondary N) is 2. The molecule has 0 aromatic rings. The van der Waals surface area contributed by atoms with E-state index in [-0.39, 0.29) is 17.7 Å². The molecule has 102 valence electrons. The fraction of sp³-hybridized carbons (Fsp3) is 0.833. The van der Waals surface area contributed by atoms with Gasteiger partial charge in [-0.15, -0.1) is 0 Å². The van der Waals surface area contributed by atoms with Gasteiger partial charge in [-0.2, -0.15) is 0 Å². The van der Waals surface area contributed by atoms with Crippen molar-refractivity contribution in [2.24, 2.45) is 5.92 Å². The van der Waals surface area contributed by atoms with Crippen LogP contribution < -0.4 is 10.6 Å². The number of likely N-dealkylation sites (N-methyl/N-ethyl adjacent to an activating group) is 1. The molecule has 2 N–H and O–H groups in total. The van der Waals surface area contributed by atoms with Crippen molar-refractivity contribution in [2.75, 3.05) is 52.4 Å². The van der Waals surface area contributed by atoms with Gasteiger partial charge in [0.2, 0.25) is 11.8 Å². The highest BCUT2D eigenvalue weighted by Gasteiger charge is 2.31. The molecule has 0 bridgehead atoms. The number of hydrogen-bond donors (Lipinski definition) is 2. The average Bonchev–Trinajstić information content (AvgIpc) is 2.27. The third-order valence-corrected chi connectivity index (χ3v) is 3.56. The smallest absolute Gasteiger partial charge is 0.234 e. The predicted molar refractivity (Wildman–Crippen MR) is 68.1 cm³/mol. The largest absolute Gasteiger partial charge is 0.355 e. The summed E-state index contributed by atoms with van der Waals surface area (Å²) in [7, 11) is 0. The van der Waals surface area contributed by atoms with Gasteiger partial charge in [-0.25, -0.2) is 0 Å². The lowest BCUT2D eigenvalue weighted by atomic mass is 10.0. The van der Waals surface area contributed by atoms with Crippen LogP contribution in [0, 0.1) is 5.92 Å². The molecule has 2 saturated heterocycles. The SMILES string of the molecule is CCNC(=O)CN1CCN(C(=O)C2CNC2)CC1. The highest BCUT2D eigenvalue weighted by atomic mass is 16.2. The molecule has 2 amide bonds. The minimum Gasteiger partial charge on any atom is -0.355 e. The molecule has 0 saturated carbocycles. The number of carbonyl (C=O) groups excluding carboxylic acids is 2. The first-order valence-electron chi connectivity index (χ1n) is 6.69. The van der Waals surface area contributed by atoms with Crippen LogP contribution in [0.25, 0.3) is 0 Å². The van der Waals surface area contributed by atoms with Crippen LogP contribution in [0.5, 0.6) is 0 Å². The number of carbonyl (C=O) groups is 2. The molecule has 2 heterocycles. The van der Waals surface area contributed by atoms with Crippen molar-refractivity contribution >= 4 is 11.8 Å². The van der Waals surface area contributed by atoms with Crippen molar-refractivity contribution in [3.05, 3.63) is 0 Å². The van der Waals surface area contributed by atoms with E-state index >= 15 is 0 Å². The molecule has 0 aliphatic carbocycles. The van der Waals surface area contributed by atoms with Crippen LogP contribution in [0.15, 0.2) is 0 Å². The Hall–Kier alpha value is -1.14. The summed E-state index contributed by atoms with van der Waals surface area (Å²) in [5.74, 6) is 0.520. The molecule has 6 heteroatoms. The van der Waals surface area contributed by atoms with Crippen molar-refractivity contribution in [3.63, 3.8) is 0 Å². The molecule has 0 unspecified atom stereocenters. The fourth-order valence-electron chi connectivity index (χ4n) is 2.30. The zero-order valence-corrected chi connectivity index (χ0v) is 10.9. The molecule has 0 aromatic heterocycles. The Kier molecular flexibility index (Phi) is 4.54. The molecule has 0 aromatic carbocycles. The van der Waals surface area contributed by atoms with E-state index in [0.717, 1.165) is 39.3 Å². The molecular formula is C12H22N4O2. The maximum atomic E-state index is 12.0. The minimum absolute atomic E-state index is 0.0699. The fourth-order valence-corrected chi connectivity index (χ4v) is 2.30. The molecule has 6 nitrogen and oxygen atoms in total. The third kappa shape index (κ3) is 3.20. The van der Waals surface area contributed by atoms with E-state index in [1.54, 1.807) is 0 Å². The van der Waals surface area contributed by atoms with Crippen LogP contribution in [0.1, 0.15) is 6.92 Å². The molecule has 2 aliphatic heterocycles. The molecule has 2 aliphatic rings. The van der Waals surface area contributed by atoms with E-state index in [1.807, 2.05) is 11.8 Å². The number of rotatable bonds is 4. The Morgan fingerprint density at radius 1 is 1.22 bits per heavy atom. The molecular weight excluding hydrogens is 232 g/mol. The van der Waals surface area contributed by atoms with Crippen LogP contribution in [-0.2, 0) is 9.59 Å². The van der Waals surface area contributed by atoms with Crippen molar-refractivity contribution in [3.8, 4) is 0 Å². The Morgan fingerprint density at radius 2 is 1.89 bits per heavy atom. The zero-order chi connectivity index (χ0) is 13.0. The van der Waals surface area contributed by atoms with Crippen molar-refractivity contribution in [2.45, 2.75) is 6.92 Å². The van der Waals surface area contributed by atoms with Gasteiger partial charge < -0.3 is 15.5 Å². The summed E-state index contributed by atoms with van der Waals surface area (Å²) in [6.45, 7) is 7.75. The van der Waals surface area contributed by atoms with E-state index in [0.29, 0.717) is 13.1 Å². The monoisotopic (exact) mass is 254 g/mol. The zero-order valence-electron chi connectivity index (χ0n) is 10.9. The first kappa shape index (κ1) is 13.3. The Bertz CT molecular complexity index is 309. The van der Waals surface area contributed by atoms with Gasteiger partial charge in [0.1, 0.15) is 0 Å². The van der Waals surface area contributed by atoms with E-state index < -0.39 is 0 Å². The Labute approximate surface area is 108 Å². The Balaban J connectivity index is 1.70. The van der Waals surface area contributed by atoms with Gasteiger partial charge in [-0.1, -0.05) is 0 Å². The molecule has 2 fully saturated rings. The van der Waals surface area contributed by atoms with Gasteiger partial charge in [0.25, 0.3) is 0 Å². The number of hydrogen-bond acceptors (Lipinski definition) is 4. The second-order valence-corrected chi connectivity index (χ2v) is 4.91. The summed E-state index contributed by atoms with van der Waals surface area (Å²) >= 11 is 0. The molecule has 18 heavy (non-hydrogen) atoms. The second kappa shape index (κ2) is 6.15. The lowest BCUT2D eigenvalue weighted by Crippen LogP contribution is -2.57. The summed E-state index contributed by atoms with van der Waals surface area (Å²) < 4.78 is 0. The summed E-state index contributed by atoms with van der Waals surface area (Å²) in [4.78, 5) is 27.5. The van der Waals surface area contributed by atoms with E-state index in [1.165, 1.54) is 0 Å². The van der Waals surface area contributed by atoms with Crippen LogP contribution in [-0.4, -0.2) is 74.0 Å². The molecule has 0 spiro atoms. The third-order valence-electron chi connectivity index (χ3n) is 3.56.